The first-order valence-electron chi connectivity index (χ1n) is 10.9. The number of hydrogen-bond acceptors (Lipinski definition) is 5. The number of nitrogens with zero attached hydrogens (tertiary/aromatic N) is 3. The lowest BCUT2D eigenvalue weighted by Crippen LogP contribution is -2.47. The summed E-state index contributed by atoms with van der Waals surface area (Å²) < 4.78 is 2.36. The molecule has 1 aliphatic rings. The second-order valence-electron chi connectivity index (χ2n) is 8.20. The van der Waals surface area contributed by atoms with Crippen molar-refractivity contribution in [2.45, 2.75) is 19.5 Å². The van der Waals surface area contributed by atoms with Gasteiger partial charge in [-0.3, -0.25) is 19.1 Å². The number of halogens is 1. The molecule has 1 aliphatic heterocycles. The van der Waals surface area contributed by atoms with Gasteiger partial charge in [0.15, 0.2) is 0 Å². The van der Waals surface area contributed by atoms with E-state index in [1.54, 1.807) is 10.9 Å². The highest BCUT2D eigenvalue weighted by Crippen LogP contribution is 2.31. The van der Waals surface area contributed by atoms with Crippen molar-refractivity contribution in [1.82, 2.24) is 19.8 Å². The van der Waals surface area contributed by atoms with Crippen molar-refractivity contribution < 1.29 is 4.79 Å². The topological polar surface area (TPSA) is 67.2 Å². The number of carbonyl (C=O) groups is 1. The summed E-state index contributed by atoms with van der Waals surface area (Å²) in [4.78, 5) is 32.2. The second kappa shape index (κ2) is 9.47. The molecule has 2 aromatic carbocycles. The third kappa shape index (κ3) is 5.00. The summed E-state index contributed by atoms with van der Waals surface area (Å²) in [5.41, 5.74) is 4.09. The standard InChI is InChI=1S/C25H23ClN4O2S/c26-20-7-5-19(6-8-20)22-13-21-24(33-22)25(32)30(16-28-21)11-9-17-1-3-18(4-2-17)14-29-12-10-27-23(31)15-29/h1-8,13,16H,9-12,14-15H2,(H,27,31). The van der Waals surface area contributed by atoms with Gasteiger partial charge in [0, 0.05) is 36.1 Å². The quantitative estimate of drug-likeness (QED) is 0.455. The number of aryl methyl sites for hydroxylation is 2. The van der Waals surface area contributed by atoms with Crippen LogP contribution >= 0.6 is 22.9 Å². The van der Waals surface area contributed by atoms with Gasteiger partial charge in [-0.2, -0.15) is 0 Å². The van der Waals surface area contributed by atoms with Gasteiger partial charge in [-0.15, -0.1) is 11.3 Å². The molecule has 0 aliphatic carbocycles. The number of carbonyl (C=O) groups excluding carboxylic acids is 1. The van der Waals surface area contributed by atoms with Crippen LogP contribution in [-0.4, -0.2) is 40.0 Å². The lowest BCUT2D eigenvalue weighted by molar-refractivity contribution is -0.124. The molecule has 0 spiro atoms. The van der Waals surface area contributed by atoms with Crippen LogP contribution in [0.5, 0.6) is 0 Å². The van der Waals surface area contributed by atoms with Crippen LogP contribution in [0.4, 0.5) is 0 Å². The first kappa shape index (κ1) is 21.8. The molecule has 1 N–H and O–H groups in total. The predicted molar refractivity (Wildman–Crippen MR) is 133 cm³/mol. The molecule has 1 saturated heterocycles. The maximum absolute atomic E-state index is 13.0. The van der Waals surface area contributed by atoms with Crippen molar-refractivity contribution >= 4 is 39.1 Å². The molecule has 0 radical (unpaired) electrons. The van der Waals surface area contributed by atoms with Crippen LogP contribution in [0.15, 0.2) is 65.7 Å². The third-order valence-electron chi connectivity index (χ3n) is 5.82. The van der Waals surface area contributed by atoms with Crippen LogP contribution in [0.1, 0.15) is 11.1 Å². The van der Waals surface area contributed by atoms with Gasteiger partial charge in [-0.05, 0) is 41.3 Å². The smallest absolute Gasteiger partial charge is 0.271 e. The molecule has 0 unspecified atom stereocenters. The molecule has 33 heavy (non-hydrogen) atoms. The van der Waals surface area contributed by atoms with Crippen LogP contribution in [0.3, 0.4) is 0 Å². The number of thiophene rings is 1. The van der Waals surface area contributed by atoms with E-state index >= 15 is 0 Å². The number of fused-ring (bicyclic) bond motifs is 1. The van der Waals surface area contributed by atoms with Gasteiger partial charge >= 0.3 is 0 Å². The number of piperazine rings is 1. The van der Waals surface area contributed by atoms with Gasteiger partial charge in [0.2, 0.25) is 5.91 Å². The maximum Gasteiger partial charge on any atom is 0.271 e. The molecule has 1 amide bonds. The minimum Gasteiger partial charge on any atom is -0.354 e. The first-order valence-corrected chi connectivity index (χ1v) is 12.1. The van der Waals surface area contributed by atoms with E-state index in [1.807, 2.05) is 30.3 Å². The Kier molecular flexibility index (Phi) is 6.26. The Labute approximate surface area is 200 Å². The zero-order chi connectivity index (χ0) is 22.8. The molecule has 0 atom stereocenters. The van der Waals surface area contributed by atoms with E-state index in [9.17, 15) is 9.59 Å². The van der Waals surface area contributed by atoms with E-state index in [-0.39, 0.29) is 11.5 Å². The second-order valence-corrected chi connectivity index (χ2v) is 9.69. The Morgan fingerprint density at radius 2 is 1.79 bits per heavy atom. The molecular formula is C25H23ClN4O2S. The Bertz CT molecular complexity index is 1350. The van der Waals surface area contributed by atoms with Crippen LogP contribution in [0.2, 0.25) is 5.02 Å². The molecule has 168 valence electrons. The lowest BCUT2D eigenvalue weighted by Gasteiger charge is -2.26. The zero-order valence-corrected chi connectivity index (χ0v) is 19.5. The highest BCUT2D eigenvalue weighted by molar-refractivity contribution is 7.22. The van der Waals surface area contributed by atoms with E-state index in [4.69, 9.17) is 11.6 Å². The highest BCUT2D eigenvalue weighted by Gasteiger charge is 2.16. The highest BCUT2D eigenvalue weighted by atomic mass is 35.5. The van der Waals surface area contributed by atoms with Gasteiger partial charge in [0.1, 0.15) is 4.70 Å². The van der Waals surface area contributed by atoms with Crippen molar-refractivity contribution in [1.29, 1.82) is 0 Å². The summed E-state index contributed by atoms with van der Waals surface area (Å²) in [5.74, 6) is 0.0833. The SMILES string of the molecule is O=C1CN(Cc2ccc(CCn3cnc4cc(-c5ccc(Cl)cc5)sc4c3=O)cc2)CCN1. The van der Waals surface area contributed by atoms with Crippen LogP contribution < -0.4 is 10.9 Å². The fraction of sp³-hybridized carbons (Fsp3) is 0.240. The molecule has 1 fully saturated rings. The zero-order valence-electron chi connectivity index (χ0n) is 18.0. The molecule has 0 bridgehead atoms. The van der Waals surface area contributed by atoms with Gasteiger partial charge in [-0.25, -0.2) is 4.98 Å². The number of aromatic nitrogens is 2. The summed E-state index contributed by atoms with van der Waals surface area (Å²) >= 11 is 7.45. The minimum absolute atomic E-state index is 0.00907. The monoisotopic (exact) mass is 478 g/mol. The van der Waals surface area contributed by atoms with E-state index in [1.165, 1.54) is 16.9 Å². The number of hydrogen-bond donors (Lipinski definition) is 1. The normalized spacial score (nSPS) is 14.5. The van der Waals surface area contributed by atoms with Crippen LogP contribution in [0, 0.1) is 0 Å². The van der Waals surface area contributed by atoms with Crippen molar-refractivity contribution in [3.05, 3.63) is 87.4 Å². The number of benzene rings is 2. The molecule has 0 saturated carbocycles. The summed E-state index contributed by atoms with van der Waals surface area (Å²) in [6, 6.07) is 18.0. The molecule has 8 heteroatoms. The molecule has 2 aromatic heterocycles. The molecule has 5 rings (SSSR count). The molecule has 3 heterocycles. The number of amides is 1. The lowest BCUT2D eigenvalue weighted by atomic mass is 10.1. The molecule has 6 nitrogen and oxygen atoms in total. The van der Waals surface area contributed by atoms with Crippen molar-refractivity contribution in [3.63, 3.8) is 0 Å². The Balaban J connectivity index is 1.26. The number of nitrogens with one attached hydrogen (secondary N) is 1. The van der Waals surface area contributed by atoms with Gasteiger partial charge in [0.05, 0.1) is 18.4 Å². The minimum atomic E-state index is -0.00907. The first-order chi connectivity index (χ1) is 16.0. The van der Waals surface area contributed by atoms with E-state index in [0.717, 1.165) is 41.0 Å². The summed E-state index contributed by atoms with van der Waals surface area (Å²) in [6.45, 7) is 3.36. The molecule has 4 aromatic rings. The van der Waals surface area contributed by atoms with Gasteiger partial charge < -0.3 is 5.32 Å². The summed E-state index contributed by atoms with van der Waals surface area (Å²) in [7, 11) is 0. The van der Waals surface area contributed by atoms with Crippen molar-refractivity contribution in [2.75, 3.05) is 19.6 Å². The van der Waals surface area contributed by atoms with Crippen molar-refractivity contribution in [2.24, 2.45) is 0 Å². The average Bonchev–Trinajstić information content (AvgIpc) is 3.25. The van der Waals surface area contributed by atoms with E-state index in [0.29, 0.717) is 29.4 Å². The van der Waals surface area contributed by atoms with Crippen LogP contribution in [0.25, 0.3) is 20.7 Å². The predicted octanol–water partition coefficient (Wildman–Crippen LogP) is 3.95. The fourth-order valence-corrected chi connectivity index (χ4v) is 5.20. The fourth-order valence-electron chi connectivity index (χ4n) is 4.01. The van der Waals surface area contributed by atoms with Crippen molar-refractivity contribution in [3.8, 4) is 10.4 Å². The molecular weight excluding hydrogens is 456 g/mol. The number of rotatable bonds is 6. The third-order valence-corrected chi connectivity index (χ3v) is 7.23. The average molecular weight is 479 g/mol. The van der Waals surface area contributed by atoms with Gasteiger partial charge in [0.25, 0.3) is 5.56 Å². The Hall–Kier alpha value is -3.00. The van der Waals surface area contributed by atoms with E-state index in [2.05, 4.69) is 39.5 Å². The van der Waals surface area contributed by atoms with Gasteiger partial charge in [-0.1, -0.05) is 48.0 Å². The Morgan fingerprint density at radius 3 is 2.55 bits per heavy atom. The van der Waals surface area contributed by atoms with Crippen LogP contribution in [-0.2, 0) is 24.3 Å². The summed E-state index contributed by atoms with van der Waals surface area (Å²) in [5, 5.41) is 3.54. The summed E-state index contributed by atoms with van der Waals surface area (Å²) in [6.07, 6.45) is 2.38. The maximum atomic E-state index is 13.0. The Morgan fingerprint density at radius 1 is 1.03 bits per heavy atom. The largest absolute Gasteiger partial charge is 0.354 e. The van der Waals surface area contributed by atoms with E-state index < -0.39 is 0 Å².